The Balaban J connectivity index is 1.66. The van der Waals surface area contributed by atoms with Crippen molar-refractivity contribution in [3.05, 3.63) is 117 Å². The molecule has 0 fully saturated rings. The third-order valence-corrected chi connectivity index (χ3v) is 7.34. The molecule has 0 saturated carbocycles. The summed E-state index contributed by atoms with van der Waals surface area (Å²) in [6, 6.07) is 23.8. The summed E-state index contributed by atoms with van der Waals surface area (Å²) in [5, 5.41) is 15.5. The fourth-order valence-electron chi connectivity index (χ4n) is 4.58. The van der Waals surface area contributed by atoms with Crippen LogP contribution in [0, 0.1) is 11.3 Å². The fraction of sp³-hybridized carbons (Fsp3) is 0.125. The van der Waals surface area contributed by atoms with E-state index in [9.17, 15) is 14.9 Å². The van der Waals surface area contributed by atoms with Crippen LogP contribution in [-0.2, 0) is 16.1 Å². The van der Waals surface area contributed by atoms with E-state index in [4.69, 9.17) is 33.0 Å². The van der Waals surface area contributed by atoms with Gasteiger partial charge in [0.15, 0.2) is 0 Å². The summed E-state index contributed by atoms with van der Waals surface area (Å²) in [5.74, 6) is -0.644. The van der Waals surface area contributed by atoms with E-state index in [0.717, 1.165) is 10.6 Å². The molecule has 7 nitrogen and oxygen atoms in total. The van der Waals surface area contributed by atoms with Crippen LogP contribution in [0.2, 0.25) is 10.0 Å². The number of nitrogens with zero attached hydrogens (tertiary/aromatic N) is 4. The number of imide groups is 1. The standard InChI is InChI=1S/C32H24Cl2N4O3/c1-3-41-29-14-13-21(16-28(29)34)30-23(19-38(36-30)24-10-5-4-6-11-24)15-25-20(2)26(17-35)32(40)37(31(25)39)18-22-9-7-8-12-27(22)33/h4-16,19H,3,18H2,1-2H3/b25-15+. The first-order valence-electron chi connectivity index (χ1n) is 12.8. The Labute approximate surface area is 247 Å². The third kappa shape index (κ3) is 5.53. The molecule has 0 spiro atoms. The molecule has 41 heavy (non-hydrogen) atoms. The van der Waals surface area contributed by atoms with E-state index in [1.54, 1.807) is 60.3 Å². The van der Waals surface area contributed by atoms with E-state index in [1.165, 1.54) is 0 Å². The smallest absolute Gasteiger partial charge is 0.271 e. The largest absolute Gasteiger partial charge is 0.492 e. The molecule has 0 aliphatic carbocycles. The van der Waals surface area contributed by atoms with Crippen molar-refractivity contribution in [3.8, 4) is 28.8 Å². The molecular formula is C32H24Cl2N4O3. The molecule has 0 saturated heterocycles. The van der Waals surface area contributed by atoms with Crippen molar-refractivity contribution < 1.29 is 14.3 Å². The lowest BCUT2D eigenvalue weighted by Gasteiger charge is -2.27. The topological polar surface area (TPSA) is 88.2 Å². The van der Waals surface area contributed by atoms with Crippen molar-refractivity contribution in [2.75, 3.05) is 6.61 Å². The first-order chi connectivity index (χ1) is 19.8. The van der Waals surface area contributed by atoms with Gasteiger partial charge in [0.05, 0.1) is 23.9 Å². The SMILES string of the molecule is CCOc1ccc(-c2nn(-c3ccccc3)cc2/C=C2/C(=O)N(Cc3ccccc3Cl)C(=O)C(C#N)=C2C)cc1Cl. The highest BCUT2D eigenvalue weighted by Crippen LogP contribution is 2.35. The normalized spacial score (nSPS) is 14.5. The van der Waals surface area contributed by atoms with E-state index in [2.05, 4.69) is 0 Å². The number of benzene rings is 3. The summed E-state index contributed by atoms with van der Waals surface area (Å²) in [4.78, 5) is 28.1. The highest BCUT2D eigenvalue weighted by atomic mass is 35.5. The minimum atomic E-state index is -0.662. The van der Waals surface area contributed by atoms with Crippen molar-refractivity contribution in [2.24, 2.45) is 0 Å². The van der Waals surface area contributed by atoms with Crippen LogP contribution in [0.3, 0.4) is 0 Å². The molecule has 9 heteroatoms. The Kier molecular flexibility index (Phi) is 8.06. The number of rotatable bonds is 7. The van der Waals surface area contributed by atoms with Crippen molar-refractivity contribution in [2.45, 2.75) is 20.4 Å². The molecule has 1 aliphatic heterocycles. The number of hydrogen-bond acceptors (Lipinski definition) is 5. The lowest BCUT2D eigenvalue weighted by molar-refractivity contribution is -0.141. The summed E-state index contributed by atoms with van der Waals surface area (Å²) in [5.41, 5.74) is 3.65. The van der Waals surface area contributed by atoms with Gasteiger partial charge in [0.2, 0.25) is 0 Å². The molecule has 0 radical (unpaired) electrons. The van der Waals surface area contributed by atoms with E-state index in [0.29, 0.717) is 50.4 Å². The quantitative estimate of drug-likeness (QED) is 0.172. The second-order valence-corrected chi connectivity index (χ2v) is 10.1. The van der Waals surface area contributed by atoms with Crippen molar-refractivity contribution >= 4 is 41.1 Å². The predicted molar refractivity (Wildman–Crippen MR) is 158 cm³/mol. The molecule has 2 heterocycles. The van der Waals surface area contributed by atoms with Crippen LogP contribution in [-0.4, -0.2) is 33.1 Å². The van der Waals surface area contributed by atoms with Gasteiger partial charge >= 0.3 is 0 Å². The average Bonchev–Trinajstić information content (AvgIpc) is 3.40. The average molecular weight is 583 g/mol. The molecule has 2 amide bonds. The molecule has 1 aromatic heterocycles. The van der Waals surface area contributed by atoms with Crippen molar-refractivity contribution in [1.29, 1.82) is 5.26 Å². The lowest BCUT2D eigenvalue weighted by atomic mass is 9.93. The first kappa shape index (κ1) is 27.9. The van der Waals surface area contributed by atoms with Crippen LogP contribution in [0.25, 0.3) is 23.0 Å². The molecule has 204 valence electrons. The highest BCUT2D eigenvalue weighted by molar-refractivity contribution is 6.32. The van der Waals surface area contributed by atoms with Gasteiger partial charge in [-0.3, -0.25) is 14.5 Å². The van der Waals surface area contributed by atoms with E-state index in [1.807, 2.05) is 49.4 Å². The second kappa shape index (κ2) is 11.8. The summed E-state index contributed by atoms with van der Waals surface area (Å²) in [6.45, 7) is 3.87. The van der Waals surface area contributed by atoms with Crippen LogP contribution in [0.1, 0.15) is 25.0 Å². The Morgan fingerprint density at radius 2 is 1.71 bits per heavy atom. The third-order valence-electron chi connectivity index (χ3n) is 6.68. The molecule has 0 bridgehead atoms. The van der Waals surface area contributed by atoms with Crippen LogP contribution < -0.4 is 4.74 Å². The van der Waals surface area contributed by atoms with Gasteiger partial charge in [0.1, 0.15) is 23.1 Å². The second-order valence-electron chi connectivity index (χ2n) is 9.25. The summed E-state index contributed by atoms with van der Waals surface area (Å²) < 4.78 is 7.29. The lowest BCUT2D eigenvalue weighted by Crippen LogP contribution is -2.42. The van der Waals surface area contributed by atoms with Gasteiger partial charge < -0.3 is 4.74 Å². The molecule has 0 unspecified atom stereocenters. The van der Waals surface area contributed by atoms with Gasteiger partial charge in [-0.05, 0) is 67.5 Å². The fourth-order valence-corrected chi connectivity index (χ4v) is 5.01. The zero-order valence-electron chi connectivity index (χ0n) is 22.3. The molecule has 3 aromatic carbocycles. The molecule has 1 aliphatic rings. The number of nitriles is 1. The molecule has 5 rings (SSSR count). The minimum absolute atomic E-state index is 0.0717. The Morgan fingerprint density at radius 1 is 0.976 bits per heavy atom. The van der Waals surface area contributed by atoms with E-state index in [-0.39, 0.29) is 17.7 Å². The number of carbonyl (C=O) groups is 2. The molecular weight excluding hydrogens is 559 g/mol. The highest BCUT2D eigenvalue weighted by Gasteiger charge is 2.36. The minimum Gasteiger partial charge on any atom is -0.492 e. The van der Waals surface area contributed by atoms with Crippen molar-refractivity contribution in [1.82, 2.24) is 14.7 Å². The van der Waals surface area contributed by atoms with Crippen LogP contribution in [0.15, 0.2) is 95.7 Å². The summed E-state index contributed by atoms with van der Waals surface area (Å²) >= 11 is 12.8. The molecule has 0 N–H and O–H groups in total. The number of amides is 2. The van der Waals surface area contributed by atoms with Gasteiger partial charge in [0.25, 0.3) is 11.8 Å². The molecule has 0 atom stereocenters. The van der Waals surface area contributed by atoms with Gasteiger partial charge in [-0.2, -0.15) is 10.4 Å². The van der Waals surface area contributed by atoms with Gasteiger partial charge in [-0.1, -0.05) is 59.6 Å². The number of aromatic nitrogens is 2. The number of hydrogen-bond donors (Lipinski definition) is 0. The van der Waals surface area contributed by atoms with E-state index < -0.39 is 11.8 Å². The number of carbonyl (C=O) groups excluding carboxylic acids is 2. The van der Waals surface area contributed by atoms with E-state index >= 15 is 0 Å². The van der Waals surface area contributed by atoms with Gasteiger partial charge in [0, 0.05) is 27.9 Å². The maximum Gasteiger partial charge on any atom is 0.271 e. The Hall–Kier alpha value is -4.64. The molecule has 4 aromatic rings. The number of ether oxygens (including phenoxy) is 1. The summed E-state index contributed by atoms with van der Waals surface area (Å²) in [6.07, 6.45) is 3.46. The number of para-hydroxylation sites is 1. The monoisotopic (exact) mass is 582 g/mol. The maximum atomic E-state index is 13.8. The van der Waals surface area contributed by atoms with Crippen molar-refractivity contribution in [3.63, 3.8) is 0 Å². The van der Waals surface area contributed by atoms with Gasteiger partial charge in [-0.15, -0.1) is 0 Å². The maximum absolute atomic E-state index is 13.8. The Morgan fingerprint density at radius 3 is 2.39 bits per heavy atom. The zero-order chi connectivity index (χ0) is 29.1. The van der Waals surface area contributed by atoms with Gasteiger partial charge in [-0.25, -0.2) is 4.68 Å². The summed E-state index contributed by atoms with van der Waals surface area (Å²) in [7, 11) is 0. The van der Waals surface area contributed by atoms with Crippen LogP contribution in [0.5, 0.6) is 5.75 Å². The van der Waals surface area contributed by atoms with Crippen LogP contribution >= 0.6 is 23.2 Å². The Bertz CT molecular complexity index is 1770. The zero-order valence-corrected chi connectivity index (χ0v) is 23.8. The first-order valence-corrected chi connectivity index (χ1v) is 13.6. The predicted octanol–water partition coefficient (Wildman–Crippen LogP) is 7.04. The number of halogens is 2. The van der Waals surface area contributed by atoms with Crippen LogP contribution in [0.4, 0.5) is 0 Å².